The zero-order valence-electron chi connectivity index (χ0n) is 11.2. The van der Waals surface area contributed by atoms with E-state index in [1.165, 1.54) is 5.01 Å². The third kappa shape index (κ3) is 2.87. The zero-order chi connectivity index (χ0) is 14.7. The maximum absolute atomic E-state index is 12.0. The number of rotatable bonds is 3. The summed E-state index contributed by atoms with van der Waals surface area (Å²) in [6, 6.07) is 13.5. The Hall–Kier alpha value is -2.40. The van der Waals surface area contributed by atoms with Crippen LogP contribution in [0.5, 0.6) is 0 Å². The van der Waals surface area contributed by atoms with Crippen molar-refractivity contribution in [1.29, 1.82) is 0 Å². The molecule has 1 amide bonds. The van der Waals surface area contributed by atoms with Crippen molar-refractivity contribution in [3.05, 3.63) is 54.2 Å². The van der Waals surface area contributed by atoms with Crippen molar-refractivity contribution in [2.24, 2.45) is 4.99 Å². The Morgan fingerprint density at radius 2 is 2.00 bits per heavy atom. The van der Waals surface area contributed by atoms with E-state index in [1.54, 1.807) is 12.3 Å². The van der Waals surface area contributed by atoms with E-state index >= 15 is 0 Å². The van der Waals surface area contributed by atoms with Crippen molar-refractivity contribution in [3.63, 3.8) is 0 Å². The fourth-order valence-electron chi connectivity index (χ4n) is 2.11. The summed E-state index contributed by atoms with van der Waals surface area (Å²) in [6.45, 7) is 0. The number of anilines is 1. The molecule has 106 valence electrons. The molecule has 1 aromatic heterocycles. The number of aromatic nitrogens is 1. The molecule has 0 saturated heterocycles. The van der Waals surface area contributed by atoms with Crippen LogP contribution in [0.25, 0.3) is 0 Å². The van der Waals surface area contributed by atoms with Gasteiger partial charge in [-0.2, -0.15) is 0 Å². The molecule has 2 aromatic rings. The first-order chi connectivity index (χ1) is 10.3. The van der Waals surface area contributed by atoms with Crippen LogP contribution >= 0.6 is 11.6 Å². The number of hydrogen-bond acceptors (Lipinski definition) is 4. The van der Waals surface area contributed by atoms with Crippen LogP contribution in [0, 0.1) is 0 Å². The van der Waals surface area contributed by atoms with E-state index in [0.717, 1.165) is 5.56 Å². The molecule has 0 radical (unpaired) electrons. The molecule has 0 bridgehead atoms. The Morgan fingerprint density at radius 1 is 1.19 bits per heavy atom. The summed E-state index contributed by atoms with van der Waals surface area (Å²) in [5.41, 5.74) is 4.75. The van der Waals surface area contributed by atoms with E-state index in [4.69, 9.17) is 11.6 Å². The van der Waals surface area contributed by atoms with Crippen LogP contribution in [0.1, 0.15) is 5.56 Å². The molecule has 0 atom stereocenters. The van der Waals surface area contributed by atoms with E-state index < -0.39 is 0 Å². The quantitative estimate of drug-likeness (QED) is 0.886. The van der Waals surface area contributed by atoms with Gasteiger partial charge in [0, 0.05) is 12.6 Å². The lowest BCUT2D eigenvalue weighted by atomic mass is 10.1. The number of hydrazine groups is 1. The first kappa shape index (κ1) is 13.6. The normalized spacial score (nSPS) is 13.2. The molecule has 0 fully saturated rings. The number of carbonyl (C=O) groups is 1. The fourth-order valence-corrected chi connectivity index (χ4v) is 2.23. The molecule has 6 heteroatoms. The maximum atomic E-state index is 12.0. The van der Waals surface area contributed by atoms with Crippen molar-refractivity contribution in [1.82, 2.24) is 10.4 Å². The van der Waals surface area contributed by atoms with Gasteiger partial charge in [-0.25, -0.2) is 15.0 Å². The van der Waals surface area contributed by atoms with Gasteiger partial charge in [0.1, 0.15) is 17.4 Å². The number of amides is 1. The number of halogens is 1. The molecule has 3 rings (SSSR count). The third-order valence-electron chi connectivity index (χ3n) is 3.05. The molecule has 0 unspecified atom stereocenters. The molecule has 0 aliphatic carbocycles. The average Bonchev–Trinajstić information content (AvgIpc) is 2.54. The highest BCUT2D eigenvalue weighted by Gasteiger charge is 2.24. The topological polar surface area (TPSA) is 57.6 Å². The Labute approximate surface area is 127 Å². The highest BCUT2D eigenvalue weighted by Crippen LogP contribution is 2.28. The minimum Gasteiger partial charge on any atom is -0.276 e. The Morgan fingerprint density at radius 3 is 2.76 bits per heavy atom. The second-order valence-corrected chi connectivity index (χ2v) is 4.81. The van der Waals surface area contributed by atoms with Gasteiger partial charge >= 0.3 is 0 Å². The number of hydrogen-bond donors (Lipinski definition) is 1. The maximum Gasteiger partial charge on any atom is 0.262 e. The third-order valence-corrected chi connectivity index (χ3v) is 3.28. The lowest BCUT2D eigenvalue weighted by Crippen LogP contribution is -2.49. The number of carbonyl (C=O) groups excluding carboxylic acids is 1. The lowest BCUT2D eigenvalue weighted by molar-refractivity contribution is -0.116. The van der Waals surface area contributed by atoms with E-state index in [1.807, 2.05) is 36.4 Å². The van der Waals surface area contributed by atoms with Gasteiger partial charge in [0.15, 0.2) is 5.82 Å². The standard InChI is InChI=1S/C15H13ClN4O/c16-10-14(21)20-15-12(7-4-8-17-15)18-13(19-20)9-11-5-2-1-3-6-11/h1-8H,9-10H2,(H,18,19). The van der Waals surface area contributed by atoms with Gasteiger partial charge in [-0.05, 0) is 17.7 Å². The number of fused-ring (bicyclic) bond motifs is 1. The van der Waals surface area contributed by atoms with E-state index in [9.17, 15) is 4.79 Å². The van der Waals surface area contributed by atoms with Crippen LogP contribution in [0.15, 0.2) is 53.7 Å². The van der Waals surface area contributed by atoms with Crippen molar-refractivity contribution in [2.75, 3.05) is 10.9 Å². The molecule has 2 heterocycles. The number of aliphatic imine (C=N–C) groups is 1. The van der Waals surface area contributed by atoms with Gasteiger partial charge < -0.3 is 0 Å². The number of pyridine rings is 1. The molecular weight excluding hydrogens is 288 g/mol. The Balaban J connectivity index is 1.93. The Kier molecular flexibility index (Phi) is 3.83. The van der Waals surface area contributed by atoms with Gasteiger partial charge in [0.25, 0.3) is 5.91 Å². The summed E-state index contributed by atoms with van der Waals surface area (Å²) in [5.74, 6) is 0.763. The molecule has 1 N–H and O–H groups in total. The minimum atomic E-state index is -0.267. The van der Waals surface area contributed by atoms with Crippen molar-refractivity contribution in [3.8, 4) is 0 Å². The highest BCUT2D eigenvalue weighted by molar-refractivity contribution is 6.29. The molecule has 1 aromatic carbocycles. The zero-order valence-corrected chi connectivity index (χ0v) is 11.9. The van der Waals surface area contributed by atoms with Crippen LogP contribution in [0.3, 0.4) is 0 Å². The summed E-state index contributed by atoms with van der Waals surface area (Å²) < 4.78 is 0. The highest BCUT2D eigenvalue weighted by atomic mass is 35.5. The van der Waals surface area contributed by atoms with Crippen molar-refractivity contribution < 1.29 is 4.79 Å². The van der Waals surface area contributed by atoms with Crippen LogP contribution in [-0.2, 0) is 11.2 Å². The molecule has 0 saturated carbocycles. The first-order valence-corrected chi connectivity index (χ1v) is 7.03. The monoisotopic (exact) mass is 300 g/mol. The molecule has 5 nitrogen and oxygen atoms in total. The smallest absolute Gasteiger partial charge is 0.262 e. The largest absolute Gasteiger partial charge is 0.276 e. The lowest BCUT2D eigenvalue weighted by Gasteiger charge is -2.28. The van der Waals surface area contributed by atoms with E-state index in [-0.39, 0.29) is 11.8 Å². The van der Waals surface area contributed by atoms with Gasteiger partial charge in [-0.1, -0.05) is 30.3 Å². The van der Waals surface area contributed by atoms with Crippen molar-refractivity contribution >= 4 is 34.8 Å². The predicted octanol–water partition coefficient (Wildman–Crippen LogP) is 2.44. The molecular formula is C15H13ClN4O. The van der Waals surface area contributed by atoms with Gasteiger partial charge in [0.05, 0.1) is 0 Å². The number of nitrogens with zero attached hydrogens (tertiary/aromatic N) is 3. The molecule has 1 aliphatic heterocycles. The van der Waals surface area contributed by atoms with Crippen LogP contribution < -0.4 is 10.4 Å². The fraction of sp³-hybridized carbons (Fsp3) is 0.133. The minimum absolute atomic E-state index is 0.123. The first-order valence-electron chi connectivity index (χ1n) is 6.50. The summed E-state index contributed by atoms with van der Waals surface area (Å²) in [7, 11) is 0. The molecule has 0 spiro atoms. The number of alkyl halides is 1. The molecule has 1 aliphatic rings. The van der Waals surface area contributed by atoms with E-state index in [2.05, 4.69) is 15.4 Å². The number of nitrogens with one attached hydrogen (secondary N) is 1. The molecule has 21 heavy (non-hydrogen) atoms. The Bertz CT molecular complexity index is 687. The van der Waals surface area contributed by atoms with Crippen molar-refractivity contribution in [2.45, 2.75) is 6.42 Å². The van der Waals surface area contributed by atoms with Gasteiger partial charge in [-0.15, -0.1) is 11.6 Å². The summed E-state index contributed by atoms with van der Waals surface area (Å²) >= 11 is 5.66. The summed E-state index contributed by atoms with van der Waals surface area (Å²) in [4.78, 5) is 20.7. The second-order valence-electron chi connectivity index (χ2n) is 4.54. The summed E-state index contributed by atoms with van der Waals surface area (Å²) in [6.07, 6.45) is 2.22. The average molecular weight is 301 g/mol. The van der Waals surface area contributed by atoms with E-state index in [0.29, 0.717) is 23.8 Å². The second kappa shape index (κ2) is 5.93. The van der Waals surface area contributed by atoms with Gasteiger partial charge in [0.2, 0.25) is 0 Å². The van der Waals surface area contributed by atoms with Crippen LogP contribution in [0.4, 0.5) is 11.5 Å². The SMILES string of the molecule is O=C(CCl)N1NC(Cc2ccccc2)=Nc2cccnc21. The number of benzene rings is 1. The van der Waals surface area contributed by atoms with Gasteiger partial charge in [-0.3, -0.25) is 10.2 Å². The predicted molar refractivity (Wildman–Crippen MR) is 82.8 cm³/mol. The summed E-state index contributed by atoms with van der Waals surface area (Å²) in [5, 5.41) is 1.35. The van der Waals surface area contributed by atoms with Crippen LogP contribution in [-0.4, -0.2) is 22.6 Å². The van der Waals surface area contributed by atoms with Crippen LogP contribution in [0.2, 0.25) is 0 Å². The number of amidine groups is 1.